The number of aryl methyl sites for hydroxylation is 2. The van der Waals surface area contributed by atoms with E-state index in [4.69, 9.17) is 24.1 Å². The first-order chi connectivity index (χ1) is 24.9. The molecule has 2 bridgehead atoms. The molecule has 4 heterocycles. The molecule has 0 radical (unpaired) electrons. The van der Waals surface area contributed by atoms with Gasteiger partial charge in [0.05, 0.1) is 18.2 Å². The second-order valence-corrected chi connectivity index (χ2v) is 13.8. The van der Waals surface area contributed by atoms with Crippen LogP contribution < -0.4 is 25.4 Å². The zero-order chi connectivity index (χ0) is 38.1. The summed E-state index contributed by atoms with van der Waals surface area (Å²) < 4.78 is 16.9. The van der Waals surface area contributed by atoms with Gasteiger partial charge in [-0.25, -0.2) is 0 Å². The average molecular weight is 729 g/mol. The topological polar surface area (TPSA) is 201 Å². The van der Waals surface area contributed by atoms with E-state index in [1.807, 2.05) is 26.0 Å². The van der Waals surface area contributed by atoms with Crippen molar-refractivity contribution in [3.8, 4) is 11.5 Å². The van der Waals surface area contributed by atoms with Crippen molar-refractivity contribution in [2.24, 2.45) is 17.3 Å². The SMILES string of the molecule is COc1cc2ccc1OCC(=O)NCCN(C(=O)C1CCOCC1)CCCC(=O)NCC(CCC(C)C)(C(=O)NCc1c(C)n[nH]c1C)C2.O=CO. The van der Waals surface area contributed by atoms with Gasteiger partial charge in [0.1, 0.15) is 0 Å². The molecule has 1 aromatic carbocycles. The summed E-state index contributed by atoms with van der Waals surface area (Å²) in [5.74, 6) is 0.347. The van der Waals surface area contributed by atoms with Gasteiger partial charge in [-0.2, -0.15) is 5.10 Å². The van der Waals surface area contributed by atoms with Crippen LogP contribution in [-0.2, 0) is 41.7 Å². The number of methoxy groups -OCH3 is 1. The molecule has 288 valence electrons. The Kier molecular flexibility index (Phi) is 16.9. The summed E-state index contributed by atoms with van der Waals surface area (Å²) in [5.41, 5.74) is 2.49. The lowest BCUT2D eigenvalue weighted by Gasteiger charge is -2.34. The molecule has 0 aliphatic carbocycles. The van der Waals surface area contributed by atoms with Gasteiger partial charge >= 0.3 is 0 Å². The maximum Gasteiger partial charge on any atom is 0.290 e. The van der Waals surface area contributed by atoms with Gasteiger partial charge < -0.3 is 40.2 Å². The molecule has 1 saturated heterocycles. The van der Waals surface area contributed by atoms with Crippen LogP contribution in [0.3, 0.4) is 0 Å². The van der Waals surface area contributed by atoms with E-state index in [9.17, 15) is 19.2 Å². The second-order valence-electron chi connectivity index (χ2n) is 13.8. The Morgan fingerprint density at radius 1 is 1.15 bits per heavy atom. The highest BCUT2D eigenvalue weighted by atomic mass is 16.5. The second kappa shape index (κ2) is 21.0. The molecular formula is C37H56N6O9. The standard InChI is InChI=1S/C36H54N6O7.CH2O2/c1-24(2)10-13-36(35(46)38-21-29-25(3)40-41-26(29)4)20-27-8-9-30(31(19-27)47-5)49-22-33(44)37-14-16-42(15-6-7-32(43)39-23-36)34(45)28-11-17-48-18-12-28;2-1-3/h8-9,19,24,28H,6-7,10-18,20-23H2,1-5H3,(H,37,44)(H,38,46)(H,39,43)(H,40,41);1H,(H,2,3). The van der Waals surface area contributed by atoms with Crippen LogP contribution in [0.1, 0.15) is 74.9 Å². The fraction of sp³-hybridized carbons (Fsp3) is 0.622. The highest BCUT2D eigenvalue weighted by molar-refractivity contribution is 5.85. The Morgan fingerprint density at radius 3 is 2.54 bits per heavy atom. The van der Waals surface area contributed by atoms with E-state index in [0.717, 1.165) is 28.9 Å². The first kappa shape index (κ1) is 41.8. The van der Waals surface area contributed by atoms with E-state index >= 15 is 0 Å². The molecule has 5 N–H and O–H groups in total. The summed E-state index contributed by atoms with van der Waals surface area (Å²) in [6, 6.07) is 5.43. The molecule has 3 aliphatic heterocycles. The fourth-order valence-corrected chi connectivity index (χ4v) is 6.45. The van der Waals surface area contributed by atoms with Crippen molar-refractivity contribution >= 4 is 30.1 Å². The molecule has 1 atom stereocenters. The third-order valence-electron chi connectivity index (χ3n) is 9.56. The number of benzene rings is 1. The van der Waals surface area contributed by atoms with Gasteiger partial charge in [-0.15, -0.1) is 0 Å². The van der Waals surface area contributed by atoms with Crippen LogP contribution in [0.15, 0.2) is 18.2 Å². The Morgan fingerprint density at radius 2 is 1.88 bits per heavy atom. The number of nitrogens with zero attached hydrogens (tertiary/aromatic N) is 2. The average Bonchev–Trinajstić information content (AvgIpc) is 3.46. The molecule has 2 aromatic rings. The Balaban J connectivity index is 0.00000235. The van der Waals surface area contributed by atoms with Crippen molar-refractivity contribution in [2.45, 2.75) is 79.2 Å². The molecule has 0 spiro atoms. The highest BCUT2D eigenvalue weighted by Gasteiger charge is 2.39. The van der Waals surface area contributed by atoms with E-state index in [1.165, 1.54) is 7.11 Å². The normalized spacial score (nSPS) is 19.5. The largest absolute Gasteiger partial charge is 0.493 e. The Hall–Kier alpha value is -4.66. The minimum Gasteiger partial charge on any atom is -0.493 e. The third kappa shape index (κ3) is 12.5. The van der Waals surface area contributed by atoms with Crippen LogP contribution in [0.4, 0.5) is 0 Å². The van der Waals surface area contributed by atoms with Crippen molar-refractivity contribution in [1.82, 2.24) is 31.0 Å². The number of aromatic nitrogens is 2. The number of hydrogen-bond acceptors (Lipinski definition) is 9. The number of hydrogen-bond donors (Lipinski definition) is 5. The van der Waals surface area contributed by atoms with Gasteiger partial charge in [-0.05, 0) is 76.0 Å². The van der Waals surface area contributed by atoms with Crippen molar-refractivity contribution in [3.63, 3.8) is 0 Å². The van der Waals surface area contributed by atoms with Gasteiger partial charge in [0.2, 0.25) is 17.7 Å². The first-order valence-electron chi connectivity index (χ1n) is 18.0. The summed E-state index contributed by atoms with van der Waals surface area (Å²) in [6.07, 6.45) is 3.57. The fourth-order valence-electron chi connectivity index (χ4n) is 6.45. The van der Waals surface area contributed by atoms with Crippen molar-refractivity contribution in [3.05, 3.63) is 40.7 Å². The predicted molar refractivity (Wildman–Crippen MR) is 193 cm³/mol. The molecule has 15 heteroatoms. The number of nitrogens with one attached hydrogen (secondary N) is 4. The summed E-state index contributed by atoms with van der Waals surface area (Å²) >= 11 is 0. The van der Waals surface area contributed by atoms with Gasteiger partial charge in [0, 0.05) is 69.5 Å². The lowest BCUT2D eigenvalue weighted by Crippen LogP contribution is -2.50. The van der Waals surface area contributed by atoms with E-state index < -0.39 is 5.41 Å². The van der Waals surface area contributed by atoms with Crippen LogP contribution in [0.2, 0.25) is 0 Å². The molecular weight excluding hydrogens is 672 g/mol. The molecule has 5 rings (SSSR count). The number of carbonyl (C=O) groups excluding carboxylic acids is 4. The van der Waals surface area contributed by atoms with Crippen molar-refractivity contribution in [1.29, 1.82) is 0 Å². The quantitative estimate of drug-likeness (QED) is 0.199. The number of amides is 4. The molecule has 0 saturated carbocycles. The number of H-pyrrole nitrogens is 1. The maximum absolute atomic E-state index is 14.3. The molecule has 15 nitrogen and oxygen atoms in total. The highest BCUT2D eigenvalue weighted by Crippen LogP contribution is 2.35. The number of aromatic amines is 1. The van der Waals surface area contributed by atoms with Crippen LogP contribution in [0.25, 0.3) is 0 Å². The number of fused-ring (bicyclic) bond motifs is 16. The molecule has 1 unspecified atom stereocenters. The molecule has 1 aromatic heterocycles. The Labute approximate surface area is 305 Å². The van der Waals surface area contributed by atoms with Gasteiger partial charge in [-0.3, -0.25) is 29.1 Å². The smallest absolute Gasteiger partial charge is 0.290 e. The lowest BCUT2D eigenvalue weighted by atomic mass is 9.75. The summed E-state index contributed by atoms with van der Waals surface area (Å²) in [6.45, 7) is 10.0. The van der Waals surface area contributed by atoms with Crippen LogP contribution in [0.5, 0.6) is 11.5 Å². The van der Waals surface area contributed by atoms with E-state index in [2.05, 4.69) is 40.0 Å². The summed E-state index contributed by atoms with van der Waals surface area (Å²) in [4.78, 5) is 64.0. The van der Waals surface area contributed by atoms with Crippen LogP contribution in [-0.4, -0.2) is 103 Å². The molecule has 3 aliphatic rings. The first-order valence-corrected chi connectivity index (χ1v) is 18.0. The van der Waals surface area contributed by atoms with E-state index in [-0.39, 0.29) is 62.1 Å². The van der Waals surface area contributed by atoms with Gasteiger partial charge in [0.15, 0.2) is 18.1 Å². The summed E-state index contributed by atoms with van der Waals surface area (Å²) in [7, 11) is 1.53. The molecule has 4 amide bonds. The lowest BCUT2D eigenvalue weighted by molar-refractivity contribution is -0.139. The summed E-state index contributed by atoms with van der Waals surface area (Å²) in [5, 5.41) is 23.2. The maximum atomic E-state index is 14.3. The molecule has 52 heavy (non-hydrogen) atoms. The Bertz CT molecular complexity index is 1470. The number of ether oxygens (including phenoxy) is 3. The number of carboxylic acid groups (broad SMARTS) is 1. The van der Waals surface area contributed by atoms with Gasteiger partial charge in [0.25, 0.3) is 12.4 Å². The van der Waals surface area contributed by atoms with Crippen LogP contribution >= 0.6 is 0 Å². The van der Waals surface area contributed by atoms with E-state index in [1.54, 1.807) is 11.0 Å². The third-order valence-corrected chi connectivity index (χ3v) is 9.56. The zero-order valence-corrected chi connectivity index (χ0v) is 31.2. The number of carbonyl (C=O) groups is 5. The van der Waals surface area contributed by atoms with E-state index in [0.29, 0.717) is 82.4 Å². The monoisotopic (exact) mass is 728 g/mol. The predicted octanol–water partition coefficient (Wildman–Crippen LogP) is 2.68. The van der Waals surface area contributed by atoms with Crippen molar-refractivity contribution in [2.75, 3.05) is 53.1 Å². The number of rotatable bonds is 8. The zero-order valence-electron chi connectivity index (χ0n) is 31.2. The van der Waals surface area contributed by atoms with Crippen molar-refractivity contribution < 1.29 is 43.3 Å². The molecule has 1 fully saturated rings. The minimum absolute atomic E-state index is 0.0113. The van der Waals surface area contributed by atoms with Gasteiger partial charge in [-0.1, -0.05) is 19.9 Å². The minimum atomic E-state index is -0.979. The van der Waals surface area contributed by atoms with Crippen LogP contribution in [0, 0.1) is 31.1 Å².